The van der Waals surface area contributed by atoms with Gasteiger partial charge in [0.25, 0.3) is 5.56 Å². The van der Waals surface area contributed by atoms with Crippen molar-refractivity contribution in [2.24, 2.45) is 0 Å². The molecule has 13 heteroatoms. The SMILES string of the molecule is CC(=O)OC[C@H]1O[C@@H](n2cc(C(Br)=CI)c(=O)[nH]c2=O)[C@H](OC(C)=O)[C@@H]1OC(C)=O. The number of esters is 3. The van der Waals surface area contributed by atoms with Crippen LogP contribution in [-0.4, -0.2) is 52.4 Å². The molecule has 0 saturated carbocycles. The minimum atomic E-state index is -1.27. The molecule has 30 heavy (non-hydrogen) atoms. The van der Waals surface area contributed by atoms with E-state index in [1.165, 1.54) is 13.1 Å². The van der Waals surface area contributed by atoms with Gasteiger partial charge in [-0.1, -0.05) is 22.6 Å². The van der Waals surface area contributed by atoms with Gasteiger partial charge in [0.15, 0.2) is 18.4 Å². The van der Waals surface area contributed by atoms with Gasteiger partial charge in [0.1, 0.15) is 12.7 Å². The summed E-state index contributed by atoms with van der Waals surface area (Å²) in [4.78, 5) is 61.2. The maximum atomic E-state index is 12.5. The van der Waals surface area contributed by atoms with Gasteiger partial charge in [-0.05, 0) is 20.0 Å². The van der Waals surface area contributed by atoms with Gasteiger partial charge >= 0.3 is 23.6 Å². The Morgan fingerprint density at radius 2 is 1.77 bits per heavy atom. The molecule has 4 atom stereocenters. The number of carbonyl (C=O) groups is 3. The van der Waals surface area contributed by atoms with Crippen LogP contribution >= 0.6 is 38.5 Å². The molecule has 0 radical (unpaired) electrons. The number of carbonyl (C=O) groups excluding carboxylic acids is 3. The number of nitrogens with one attached hydrogen (secondary N) is 1. The van der Waals surface area contributed by atoms with Gasteiger partial charge in [0, 0.05) is 31.5 Å². The summed E-state index contributed by atoms with van der Waals surface area (Å²) < 4.78 is 24.2. The summed E-state index contributed by atoms with van der Waals surface area (Å²) in [5, 5.41) is 0. The van der Waals surface area contributed by atoms with Crippen molar-refractivity contribution in [1.29, 1.82) is 0 Å². The minimum Gasteiger partial charge on any atom is -0.463 e. The first-order valence-electron chi connectivity index (χ1n) is 8.50. The Balaban J connectivity index is 2.56. The summed E-state index contributed by atoms with van der Waals surface area (Å²) in [5.74, 6) is -2.02. The van der Waals surface area contributed by atoms with Gasteiger partial charge in [-0.2, -0.15) is 0 Å². The molecule has 1 N–H and O–H groups in total. The zero-order chi connectivity index (χ0) is 22.6. The minimum absolute atomic E-state index is 0.113. The highest BCUT2D eigenvalue weighted by Crippen LogP contribution is 2.34. The highest BCUT2D eigenvalue weighted by atomic mass is 127. The number of hydrogen-bond donors (Lipinski definition) is 1. The Morgan fingerprint density at radius 1 is 1.17 bits per heavy atom. The smallest absolute Gasteiger partial charge is 0.330 e. The molecule has 1 fully saturated rings. The molecule has 0 spiro atoms. The van der Waals surface area contributed by atoms with E-state index in [0.29, 0.717) is 4.48 Å². The predicted molar refractivity (Wildman–Crippen MR) is 114 cm³/mol. The molecule has 11 nitrogen and oxygen atoms in total. The number of nitrogens with zero attached hydrogens (tertiary/aromatic N) is 1. The third-order valence-electron chi connectivity index (χ3n) is 3.94. The lowest BCUT2D eigenvalue weighted by molar-refractivity contribution is -0.166. The quantitative estimate of drug-likeness (QED) is 0.287. The topological polar surface area (TPSA) is 143 Å². The molecule has 0 amide bonds. The van der Waals surface area contributed by atoms with E-state index >= 15 is 0 Å². The van der Waals surface area contributed by atoms with Crippen LogP contribution in [0.5, 0.6) is 0 Å². The van der Waals surface area contributed by atoms with Gasteiger partial charge in [0.05, 0.1) is 5.56 Å². The average Bonchev–Trinajstić information content (AvgIpc) is 2.95. The molecular formula is C17H18BrIN2O9. The standard InChI is InChI=1S/C17H18BrIN2O9/c1-7(22)27-6-12-13(28-8(2)23)14(29-9(3)24)16(30-12)21-5-10(11(18)4-19)15(25)20-17(21)26/h4-5,12-14,16H,6H2,1-3H3,(H,20,25,26)/t12-,13-,14-,16-/m1/s1. The Hall–Kier alpha value is -2.00. The van der Waals surface area contributed by atoms with Crippen LogP contribution in [0.1, 0.15) is 32.6 Å². The molecule has 0 bridgehead atoms. The highest BCUT2D eigenvalue weighted by Gasteiger charge is 2.51. The second-order valence-electron chi connectivity index (χ2n) is 6.18. The van der Waals surface area contributed by atoms with Crippen LogP contribution in [0.15, 0.2) is 19.9 Å². The summed E-state index contributed by atoms with van der Waals surface area (Å²) in [7, 11) is 0. The third-order valence-corrected chi connectivity index (χ3v) is 6.07. The van der Waals surface area contributed by atoms with Crippen LogP contribution in [0.2, 0.25) is 0 Å². The molecule has 1 aliphatic rings. The lowest BCUT2D eigenvalue weighted by Gasteiger charge is -2.24. The fourth-order valence-corrected chi connectivity index (χ4v) is 3.44. The van der Waals surface area contributed by atoms with Crippen LogP contribution in [0.25, 0.3) is 4.48 Å². The Kier molecular flexibility index (Phi) is 8.37. The first-order valence-corrected chi connectivity index (χ1v) is 10.5. The zero-order valence-electron chi connectivity index (χ0n) is 16.0. The number of aromatic amines is 1. The van der Waals surface area contributed by atoms with Crippen molar-refractivity contribution in [3.8, 4) is 0 Å². The van der Waals surface area contributed by atoms with Gasteiger partial charge in [-0.15, -0.1) is 0 Å². The van der Waals surface area contributed by atoms with E-state index in [9.17, 15) is 24.0 Å². The summed E-state index contributed by atoms with van der Waals surface area (Å²) in [5.41, 5.74) is -1.37. The Bertz CT molecular complexity index is 986. The molecule has 1 aromatic rings. The molecule has 2 rings (SSSR count). The van der Waals surface area contributed by atoms with E-state index in [1.54, 1.807) is 4.08 Å². The molecule has 0 aromatic carbocycles. The van der Waals surface area contributed by atoms with Crippen LogP contribution in [0.4, 0.5) is 0 Å². The second kappa shape index (κ2) is 10.3. The molecule has 2 heterocycles. The largest absolute Gasteiger partial charge is 0.463 e. The number of halogens is 2. The van der Waals surface area contributed by atoms with Gasteiger partial charge in [-0.3, -0.25) is 28.7 Å². The lowest BCUT2D eigenvalue weighted by Crippen LogP contribution is -2.42. The number of rotatable bonds is 6. The van der Waals surface area contributed by atoms with Crippen LogP contribution in [0, 0.1) is 0 Å². The van der Waals surface area contributed by atoms with E-state index in [2.05, 4.69) is 20.9 Å². The van der Waals surface area contributed by atoms with Crippen molar-refractivity contribution in [2.45, 2.75) is 45.3 Å². The molecule has 164 valence electrons. The fourth-order valence-electron chi connectivity index (χ4n) is 2.82. The van der Waals surface area contributed by atoms with Crippen molar-refractivity contribution in [2.75, 3.05) is 6.61 Å². The Morgan fingerprint density at radius 3 is 2.30 bits per heavy atom. The van der Waals surface area contributed by atoms with Crippen molar-refractivity contribution in [1.82, 2.24) is 9.55 Å². The van der Waals surface area contributed by atoms with Crippen molar-refractivity contribution in [3.05, 3.63) is 36.7 Å². The molecular weight excluding hydrogens is 583 g/mol. The summed E-state index contributed by atoms with van der Waals surface area (Å²) >= 11 is 5.12. The molecule has 0 unspecified atom stereocenters. The number of hydrogen-bond acceptors (Lipinski definition) is 9. The van der Waals surface area contributed by atoms with Gasteiger partial charge in [0.2, 0.25) is 0 Å². The summed E-state index contributed by atoms with van der Waals surface area (Å²) in [6.45, 7) is 3.15. The normalized spacial score (nSPS) is 23.7. The number of aromatic nitrogens is 2. The second-order valence-corrected chi connectivity index (χ2v) is 7.66. The van der Waals surface area contributed by atoms with Crippen LogP contribution in [-0.2, 0) is 33.3 Å². The first kappa shape index (κ1) is 24.3. The summed E-state index contributed by atoms with van der Waals surface area (Å²) in [6, 6.07) is 0. The van der Waals surface area contributed by atoms with E-state index in [1.807, 2.05) is 22.6 Å². The van der Waals surface area contributed by atoms with Gasteiger partial charge in [-0.25, -0.2) is 4.79 Å². The van der Waals surface area contributed by atoms with Crippen LogP contribution < -0.4 is 11.2 Å². The monoisotopic (exact) mass is 600 g/mol. The summed E-state index contributed by atoms with van der Waals surface area (Å²) in [6.07, 6.45) is -3.48. The van der Waals surface area contributed by atoms with E-state index < -0.39 is 53.7 Å². The average molecular weight is 601 g/mol. The first-order chi connectivity index (χ1) is 14.0. The zero-order valence-corrected chi connectivity index (χ0v) is 19.8. The van der Waals surface area contributed by atoms with Crippen LogP contribution in [0.3, 0.4) is 0 Å². The lowest BCUT2D eigenvalue weighted by atomic mass is 10.1. The van der Waals surface area contributed by atoms with E-state index in [-0.39, 0.29) is 12.2 Å². The highest BCUT2D eigenvalue weighted by molar-refractivity contribution is 14.1. The third kappa shape index (κ3) is 5.78. The van der Waals surface area contributed by atoms with Crippen molar-refractivity contribution in [3.63, 3.8) is 0 Å². The maximum Gasteiger partial charge on any atom is 0.330 e. The van der Waals surface area contributed by atoms with E-state index in [0.717, 1.165) is 18.4 Å². The van der Waals surface area contributed by atoms with Crippen molar-refractivity contribution < 1.29 is 33.3 Å². The van der Waals surface area contributed by atoms with E-state index in [4.69, 9.17) is 18.9 Å². The number of H-pyrrole nitrogens is 1. The predicted octanol–water partition coefficient (Wildman–Crippen LogP) is 0.989. The molecule has 1 aromatic heterocycles. The van der Waals surface area contributed by atoms with Crippen molar-refractivity contribution >= 4 is 60.9 Å². The van der Waals surface area contributed by atoms with Gasteiger partial charge < -0.3 is 18.9 Å². The number of ether oxygens (including phenoxy) is 4. The fraction of sp³-hybridized carbons (Fsp3) is 0.471. The molecule has 0 aliphatic carbocycles. The molecule has 1 aliphatic heterocycles. The molecule has 1 saturated heterocycles. The Labute approximate surface area is 192 Å². The maximum absolute atomic E-state index is 12.5.